The fourth-order valence-corrected chi connectivity index (χ4v) is 21.2. The van der Waals surface area contributed by atoms with Gasteiger partial charge in [0.25, 0.3) is 0 Å². The third-order valence-electron chi connectivity index (χ3n) is 21.7. The van der Waals surface area contributed by atoms with Crippen molar-refractivity contribution in [1.29, 1.82) is 0 Å². The first kappa shape index (κ1) is 99.7. The van der Waals surface area contributed by atoms with Gasteiger partial charge in [-0.1, -0.05) is 70.7 Å². The molecule has 0 bridgehead atoms. The predicted octanol–water partition coefficient (Wildman–Crippen LogP) is 14.4. The number of hydrogen-bond donors (Lipinski definition) is 4. The molecule has 13 heterocycles. The number of alkyl halides is 3. The summed E-state index contributed by atoms with van der Waals surface area (Å²) in [5, 5.41) is 15.1. The number of fused-ring (bicyclic) bond motifs is 4. The molecular weight excluding hydrogens is 1960 g/mol. The van der Waals surface area contributed by atoms with E-state index >= 15 is 0 Å². The van der Waals surface area contributed by atoms with E-state index in [1.807, 2.05) is 46.6 Å². The normalized spacial score (nSPS) is 21.2. The minimum atomic E-state index is -5.06. The van der Waals surface area contributed by atoms with E-state index in [1.165, 1.54) is 106 Å². The van der Waals surface area contributed by atoms with E-state index in [4.69, 9.17) is 85.1 Å². The van der Waals surface area contributed by atoms with E-state index in [2.05, 4.69) is 39.7 Å². The van der Waals surface area contributed by atoms with Crippen molar-refractivity contribution >= 4 is 172 Å². The lowest BCUT2D eigenvalue weighted by Gasteiger charge is -2.31. The smallest absolute Gasteiger partial charge is 0.463 e. The quantitative estimate of drug-likeness (QED) is 0.0262. The highest BCUT2D eigenvalue weighted by Crippen LogP contribution is 2.49. The molecule has 0 spiro atoms. The van der Waals surface area contributed by atoms with Crippen LogP contribution in [0.2, 0.25) is 20.1 Å². The van der Waals surface area contributed by atoms with Crippen LogP contribution in [0, 0.1) is 29.2 Å². The Morgan fingerprint density at radius 3 is 1.00 bits per heavy atom. The monoisotopic (exact) mass is 2040 g/mol. The molecule has 1 unspecified atom stereocenters. The second-order valence-electron chi connectivity index (χ2n) is 31.9. The van der Waals surface area contributed by atoms with Crippen LogP contribution < -0.4 is 20.1 Å². The summed E-state index contributed by atoms with van der Waals surface area (Å²) in [6, 6.07) is 10.3. The predicted molar refractivity (Wildman–Crippen MR) is 492 cm³/mol. The Morgan fingerprint density at radius 1 is 0.463 bits per heavy atom. The Kier molecular flexibility index (Phi) is 31.6. The highest BCUT2D eigenvalue weighted by atomic mass is 35.5. The van der Waals surface area contributed by atoms with Crippen LogP contribution in [0.5, 0.6) is 0 Å². The molecule has 9 atom stereocenters. The van der Waals surface area contributed by atoms with Crippen molar-refractivity contribution in [2.24, 2.45) is 25.9 Å². The number of sulfonamides is 1. The van der Waals surface area contributed by atoms with Gasteiger partial charge in [0.2, 0.25) is 15.9 Å². The van der Waals surface area contributed by atoms with Crippen LogP contribution in [0.15, 0.2) is 184 Å². The molecule has 9 aliphatic rings. The second kappa shape index (κ2) is 42.5. The van der Waals surface area contributed by atoms with Gasteiger partial charge >= 0.3 is 36.0 Å². The van der Waals surface area contributed by atoms with Gasteiger partial charge in [-0.15, -0.1) is 45.3 Å². The largest absolute Gasteiger partial charge is 0.471 e. The number of rotatable bonds is 23. The summed E-state index contributed by atoms with van der Waals surface area (Å²) in [5.74, 6) is -4.75. The Hall–Kier alpha value is -10.3. The minimum absolute atomic E-state index is 0.0167. The molecule has 5 fully saturated rings. The van der Waals surface area contributed by atoms with E-state index < -0.39 is 121 Å². The van der Waals surface area contributed by atoms with Gasteiger partial charge in [-0.25, -0.2) is 78.7 Å². The van der Waals surface area contributed by atoms with E-state index in [0.717, 1.165) is 18.4 Å². The van der Waals surface area contributed by atoms with Gasteiger partial charge in [0.05, 0.1) is 102 Å². The Labute approximate surface area is 802 Å². The van der Waals surface area contributed by atoms with Gasteiger partial charge in [0.1, 0.15) is 47.4 Å². The fraction of sp³-hybridized carbons (Fsp3) is 0.379. The lowest BCUT2D eigenvalue weighted by molar-refractivity contribution is -0.174. The van der Waals surface area contributed by atoms with Gasteiger partial charge < -0.3 is 53.9 Å². The zero-order valence-electron chi connectivity index (χ0n) is 72.3. The van der Waals surface area contributed by atoms with Crippen molar-refractivity contribution < 1.29 is 95.8 Å². The van der Waals surface area contributed by atoms with Crippen molar-refractivity contribution in [1.82, 2.24) is 59.6 Å². The number of carbonyl (C=O) groups excluding carboxylic acids is 6. The number of nitrogens with zero attached hydrogens (tertiary/aromatic N) is 12. The molecule has 0 aliphatic carbocycles. The van der Waals surface area contributed by atoms with E-state index in [-0.39, 0.29) is 108 Å². The van der Waals surface area contributed by atoms with Crippen LogP contribution >= 0.6 is 91.8 Å². The molecular formula is C87H85Cl4F7N16O14S6. The van der Waals surface area contributed by atoms with E-state index in [1.54, 1.807) is 72.9 Å². The Bertz CT molecular complexity index is 6060. The first-order valence-corrected chi connectivity index (χ1v) is 49.7. The zero-order valence-corrected chi connectivity index (χ0v) is 80.3. The average molecular weight is 2050 g/mol. The highest BCUT2D eigenvalue weighted by molar-refractivity contribution is 7.88. The van der Waals surface area contributed by atoms with Crippen molar-refractivity contribution in [3.63, 3.8) is 0 Å². The Morgan fingerprint density at radius 2 is 0.746 bits per heavy atom. The van der Waals surface area contributed by atoms with Crippen LogP contribution in [0.25, 0.3) is 0 Å². The molecule has 0 radical (unpaired) electrons. The number of hydrogen-bond acceptors (Lipinski definition) is 30. The molecule has 17 rings (SSSR count). The van der Waals surface area contributed by atoms with E-state index in [0.29, 0.717) is 139 Å². The summed E-state index contributed by atoms with van der Waals surface area (Å²) in [4.78, 5) is 120. The molecule has 710 valence electrons. The summed E-state index contributed by atoms with van der Waals surface area (Å²) in [6.45, 7) is 14.9. The number of halogens is 11. The molecule has 2 amide bonds. The Balaban J connectivity index is 0.000000143. The summed E-state index contributed by atoms with van der Waals surface area (Å²) >= 11 is 30.9. The van der Waals surface area contributed by atoms with Crippen molar-refractivity contribution in [2.75, 3.05) is 72.1 Å². The number of aromatic nitrogens is 4. The zero-order chi connectivity index (χ0) is 96.1. The molecule has 47 heteroatoms. The van der Waals surface area contributed by atoms with Gasteiger partial charge in [0.15, 0.2) is 43.4 Å². The molecule has 4 aromatic heterocycles. The number of nitrogens with one attached hydrogen (secondary N) is 4. The number of aliphatic imine (C=N–C) groups is 4. The molecule has 4 N–H and O–H groups in total. The number of ether oxygens (including phenoxy) is 5. The van der Waals surface area contributed by atoms with Crippen molar-refractivity contribution in [3.05, 3.63) is 250 Å². The van der Waals surface area contributed by atoms with Gasteiger partial charge in [-0.05, 0) is 97.0 Å². The van der Waals surface area contributed by atoms with Crippen molar-refractivity contribution in [3.8, 4) is 0 Å². The molecule has 0 saturated carbocycles. The number of amidine groups is 4. The molecule has 134 heavy (non-hydrogen) atoms. The summed E-state index contributed by atoms with van der Waals surface area (Å²) in [6.07, 6.45) is 3.57. The van der Waals surface area contributed by atoms with Crippen LogP contribution in [-0.4, -0.2) is 218 Å². The standard InChI is InChI=1S/C23H22ClFN4O4S.C23H26ClFN4O3S2.C21H17ClF4N4O3S.C20H20ClFN4O4S2/c1-2-33-23(31)18-17-8-14(27-21(30)12-10-32-11-12)9-29(17)20(22-26-5-6-34-22)28-19(18)15-4-3-13(25)7-16(15)24;1-5-32-22(30)18-17-11-14(28-34(31)23(2,3)4)12-29(17)20(21-26-8-9-33-21)27-19(18)15-7-6-13(25)10-16(15)24;1-2-33-19(31)15-14-8-11(28-20(32)21(24,25)26)9-30(14)17(18-27-5-6-34-18)29-16(15)12-4-3-10(23)7-13(12)22;1-3-30-20(27)16-15-9-12(25-32(2,28)29)10-26(15)18(19-23-6-7-31-19)24-17(16)13-5-4-11(22)8-14(13)21/h3-7,12,14,19H,2,8-11H2,1H3,(H,27,30);6-10,14,19,28H,5,11-12H2,1-4H3;3-7,11,16H,2,8-9H2,1H3,(H,28,32);4-8,12,17,25H,3,9-10H2,1-2H3/t14-,19-;14-,19-,34?;11-,16-;12-,17+/m0000/s1. The molecule has 5 saturated heterocycles. The molecule has 9 aliphatic heterocycles. The second-order valence-corrected chi connectivity index (χ2v) is 40.9. The lowest BCUT2D eigenvalue weighted by Crippen LogP contribution is -2.47. The molecule has 8 aromatic rings. The third-order valence-corrected chi connectivity index (χ3v) is 28.5. The maximum absolute atomic E-state index is 13.8. The van der Waals surface area contributed by atoms with Crippen LogP contribution in [0.4, 0.5) is 30.7 Å². The summed E-state index contributed by atoms with van der Waals surface area (Å²) in [7, 11) is -4.77. The highest BCUT2D eigenvalue weighted by Gasteiger charge is 2.50. The van der Waals surface area contributed by atoms with Crippen LogP contribution in [0.1, 0.15) is 141 Å². The summed E-state index contributed by atoms with van der Waals surface area (Å²) in [5.41, 5.74) is 5.05. The lowest BCUT2D eigenvalue weighted by atomic mass is 9.94. The average Bonchev–Trinajstić information content (AvgIpc) is 1.58. The maximum Gasteiger partial charge on any atom is 0.471 e. The fourth-order valence-electron chi connectivity index (χ4n) is 16.0. The van der Waals surface area contributed by atoms with Crippen LogP contribution in [0.3, 0.4) is 0 Å². The third kappa shape index (κ3) is 22.5. The van der Waals surface area contributed by atoms with Gasteiger partial charge in [-0.3, -0.25) is 29.6 Å². The van der Waals surface area contributed by atoms with Gasteiger partial charge in [0, 0.05) is 175 Å². The van der Waals surface area contributed by atoms with Crippen molar-refractivity contribution in [2.45, 2.75) is 133 Å². The number of esters is 4. The summed E-state index contributed by atoms with van der Waals surface area (Å²) < 4.78 is 162. The first-order valence-electron chi connectivity index (χ1n) is 41.7. The van der Waals surface area contributed by atoms with Crippen LogP contribution in [-0.2, 0) is 73.5 Å². The maximum atomic E-state index is 13.8. The number of benzene rings is 4. The minimum Gasteiger partial charge on any atom is -0.463 e. The van der Waals surface area contributed by atoms with Gasteiger partial charge in [-0.2, -0.15) is 13.2 Å². The first-order chi connectivity index (χ1) is 63.8. The number of carbonyl (C=O) groups is 6. The topological polar surface area (TPSA) is 362 Å². The number of thiazole rings is 4. The molecule has 4 aromatic carbocycles. The van der Waals surface area contributed by atoms with E-state index in [9.17, 15) is 72.1 Å². The number of amides is 2. The SMILES string of the molecule is CCOC(=O)C1=C2C[C@H](NC(=O)C(F)(F)F)CN2C(c2nccs2)=N[C@H]1c1ccc(F)cc1Cl.CCOC(=O)C1=C2C[C@H](NC(=O)C3COC3)CN2C(c2nccs2)=N[C@H]1c1ccc(F)cc1Cl.CCOC(=O)C1=C2C[C@H](NS(=O)C(C)(C)C)CN2C(c2nccs2)=N[C@H]1c1ccc(F)cc1Cl.CCOC(=O)C1=C2C[C@H](NS(C)(=O)=O)CN2C(c2nccs2)=N[C@@H]1c1ccc(F)cc1Cl. The molecule has 30 nitrogen and oxygen atoms in total.